The van der Waals surface area contributed by atoms with Gasteiger partial charge in [0.05, 0.1) is 0 Å². The van der Waals surface area contributed by atoms with E-state index in [1.165, 1.54) is 38.1 Å². The van der Waals surface area contributed by atoms with Crippen LogP contribution in [0.3, 0.4) is 0 Å². The topological polar surface area (TPSA) is 0 Å². The highest BCUT2D eigenvalue weighted by Gasteiger charge is 2.07. The van der Waals surface area contributed by atoms with Gasteiger partial charge in [0.15, 0.2) is 0 Å². The van der Waals surface area contributed by atoms with E-state index in [4.69, 9.17) is 11.6 Å². The van der Waals surface area contributed by atoms with E-state index in [0.717, 1.165) is 10.4 Å². The van der Waals surface area contributed by atoms with Crippen molar-refractivity contribution >= 4 is 43.9 Å². The summed E-state index contributed by atoms with van der Waals surface area (Å²) in [5.74, 6) is 0. The quantitative estimate of drug-likeness (QED) is 0.278. The van der Waals surface area contributed by atoms with E-state index in [0.29, 0.717) is 0 Å². The van der Waals surface area contributed by atoms with E-state index in [-0.39, 0.29) is 0 Å². The van der Waals surface area contributed by atoms with Gasteiger partial charge in [0.25, 0.3) is 0 Å². The van der Waals surface area contributed by atoms with Crippen LogP contribution in [0.4, 0.5) is 0 Å². The van der Waals surface area contributed by atoms with E-state index in [2.05, 4.69) is 84.9 Å². The summed E-state index contributed by atoms with van der Waals surface area (Å²) in [5, 5.41) is 8.06. The normalized spacial score (nSPS) is 11.4. The Kier molecular flexibility index (Phi) is 3.26. The molecule has 0 unspecified atom stereocenters. The highest BCUT2D eigenvalue weighted by molar-refractivity contribution is 6.37. The lowest BCUT2D eigenvalue weighted by Crippen LogP contribution is -1.83. The predicted octanol–water partition coefficient (Wildman–Crippen LogP) is 7.47. The summed E-state index contributed by atoms with van der Waals surface area (Å²) in [4.78, 5) is 0. The molecule has 0 aliphatic heterocycles. The summed E-state index contributed by atoms with van der Waals surface area (Å²) in [6.07, 6.45) is 0. The van der Waals surface area contributed by atoms with Gasteiger partial charge in [-0.25, -0.2) is 0 Å². The predicted molar refractivity (Wildman–Crippen MR) is 109 cm³/mol. The van der Waals surface area contributed by atoms with Crippen molar-refractivity contribution in [2.75, 3.05) is 0 Å². The summed E-state index contributed by atoms with van der Waals surface area (Å²) < 4.78 is 0. The fourth-order valence-electron chi connectivity index (χ4n) is 3.62. The second-order valence-corrected chi connectivity index (χ2v) is 6.81. The van der Waals surface area contributed by atoms with Gasteiger partial charge in [-0.15, -0.1) is 0 Å². The molecule has 0 saturated heterocycles. The van der Waals surface area contributed by atoms with Crippen molar-refractivity contribution in [2.24, 2.45) is 0 Å². The van der Waals surface area contributed by atoms with Crippen LogP contribution in [-0.2, 0) is 0 Å². The fraction of sp³-hybridized carbons (Fsp3) is 0. The van der Waals surface area contributed by atoms with Crippen LogP contribution in [0.25, 0.3) is 43.4 Å². The van der Waals surface area contributed by atoms with Crippen molar-refractivity contribution < 1.29 is 0 Å². The Morgan fingerprint density at radius 3 is 1.92 bits per heavy atom. The third-order valence-electron chi connectivity index (χ3n) is 4.89. The van der Waals surface area contributed by atoms with Gasteiger partial charge in [-0.3, -0.25) is 0 Å². The Labute approximate surface area is 151 Å². The fourth-order valence-corrected chi connectivity index (χ4v) is 3.90. The summed E-state index contributed by atoms with van der Waals surface area (Å²) >= 11 is 6.51. The zero-order valence-electron chi connectivity index (χ0n) is 13.5. The van der Waals surface area contributed by atoms with E-state index >= 15 is 0 Å². The van der Waals surface area contributed by atoms with E-state index < -0.39 is 0 Å². The molecule has 5 rings (SSSR count). The molecule has 25 heavy (non-hydrogen) atoms. The third kappa shape index (κ3) is 2.38. The minimum atomic E-state index is 0.804. The second kappa shape index (κ2) is 5.61. The number of hydrogen-bond donors (Lipinski definition) is 0. The molecule has 0 aliphatic carbocycles. The smallest absolute Gasteiger partial charge is 0.0490 e. The van der Waals surface area contributed by atoms with Crippen LogP contribution in [0.1, 0.15) is 0 Å². The number of hydrogen-bond acceptors (Lipinski definition) is 0. The third-order valence-corrected chi connectivity index (χ3v) is 5.20. The summed E-state index contributed by atoms with van der Waals surface area (Å²) in [6, 6.07) is 32.1. The SMILES string of the molecule is Clc1cc2cc(-c3ccc4ccccc4c3)ccc2c2ccccc12. The Hall–Kier alpha value is -2.83. The van der Waals surface area contributed by atoms with Crippen molar-refractivity contribution in [3.05, 3.63) is 96.0 Å². The molecule has 0 bridgehead atoms. The van der Waals surface area contributed by atoms with Crippen LogP contribution in [0.5, 0.6) is 0 Å². The lowest BCUT2D eigenvalue weighted by Gasteiger charge is -2.09. The van der Waals surface area contributed by atoms with Gasteiger partial charge in [-0.1, -0.05) is 84.4 Å². The molecule has 0 spiro atoms. The number of fused-ring (bicyclic) bond motifs is 4. The molecule has 0 aliphatic rings. The number of benzene rings is 5. The highest BCUT2D eigenvalue weighted by atomic mass is 35.5. The van der Waals surface area contributed by atoms with Crippen LogP contribution < -0.4 is 0 Å². The Balaban J connectivity index is 1.75. The largest absolute Gasteiger partial charge is 0.0836 e. The standard InChI is InChI=1S/C24H15Cl/c25-24-15-20-14-19(11-12-21(20)22-7-3-4-8-23(22)24)18-10-9-16-5-1-2-6-17(16)13-18/h1-15H. The van der Waals surface area contributed by atoms with Gasteiger partial charge < -0.3 is 0 Å². The highest BCUT2D eigenvalue weighted by Crippen LogP contribution is 2.34. The maximum absolute atomic E-state index is 6.51. The molecule has 1 heteroatoms. The van der Waals surface area contributed by atoms with Gasteiger partial charge in [0.2, 0.25) is 0 Å². The first kappa shape index (κ1) is 14.5. The molecule has 0 aromatic heterocycles. The van der Waals surface area contributed by atoms with Crippen LogP contribution in [0.15, 0.2) is 91.0 Å². The summed E-state index contributed by atoms with van der Waals surface area (Å²) in [7, 11) is 0. The molecular formula is C24H15Cl. The summed E-state index contributed by atoms with van der Waals surface area (Å²) in [6.45, 7) is 0. The molecule has 0 nitrogen and oxygen atoms in total. The minimum absolute atomic E-state index is 0.804. The van der Waals surface area contributed by atoms with Gasteiger partial charge in [-0.05, 0) is 56.3 Å². The molecular weight excluding hydrogens is 324 g/mol. The number of halogens is 1. The monoisotopic (exact) mass is 338 g/mol. The zero-order valence-corrected chi connectivity index (χ0v) is 14.3. The molecule has 0 atom stereocenters. The Morgan fingerprint density at radius 2 is 1.08 bits per heavy atom. The average molecular weight is 339 g/mol. The second-order valence-electron chi connectivity index (χ2n) is 6.40. The van der Waals surface area contributed by atoms with Gasteiger partial charge in [-0.2, -0.15) is 0 Å². The van der Waals surface area contributed by atoms with Crippen molar-refractivity contribution in [2.45, 2.75) is 0 Å². The van der Waals surface area contributed by atoms with Crippen LogP contribution in [0, 0.1) is 0 Å². The van der Waals surface area contributed by atoms with Gasteiger partial charge in [0, 0.05) is 10.4 Å². The lowest BCUT2D eigenvalue weighted by molar-refractivity contribution is 1.68. The minimum Gasteiger partial charge on any atom is -0.0836 e. The molecule has 118 valence electrons. The van der Waals surface area contributed by atoms with Crippen LogP contribution in [-0.4, -0.2) is 0 Å². The molecule has 0 amide bonds. The zero-order chi connectivity index (χ0) is 16.8. The lowest BCUT2D eigenvalue weighted by atomic mass is 9.96. The molecule has 0 radical (unpaired) electrons. The first-order chi connectivity index (χ1) is 12.3. The molecule has 0 N–H and O–H groups in total. The van der Waals surface area contributed by atoms with Crippen LogP contribution in [0.2, 0.25) is 5.02 Å². The maximum atomic E-state index is 6.51. The van der Waals surface area contributed by atoms with Gasteiger partial charge in [0.1, 0.15) is 0 Å². The molecule has 5 aromatic carbocycles. The molecule has 0 heterocycles. The van der Waals surface area contributed by atoms with Crippen molar-refractivity contribution in [3.8, 4) is 11.1 Å². The first-order valence-electron chi connectivity index (χ1n) is 8.40. The van der Waals surface area contributed by atoms with Crippen molar-refractivity contribution in [1.82, 2.24) is 0 Å². The maximum Gasteiger partial charge on any atom is 0.0490 e. The van der Waals surface area contributed by atoms with Crippen LogP contribution >= 0.6 is 11.6 Å². The van der Waals surface area contributed by atoms with Crippen molar-refractivity contribution in [1.29, 1.82) is 0 Å². The first-order valence-corrected chi connectivity index (χ1v) is 8.78. The molecule has 5 aromatic rings. The summed E-state index contributed by atoms with van der Waals surface area (Å²) in [5.41, 5.74) is 2.44. The van der Waals surface area contributed by atoms with Crippen molar-refractivity contribution in [3.63, 3.8) is 0 Å². The Morgan fingerprint density at radius 1 is 0.440 bits per heavy atom. The molecule has 0 saturated carbocycles. The van der Waals surface area contributed by atoms with E-state index in [1.807, 2.05) is 6.07 Å². The van der Waals surface area contributed by atoms with Gasteiger partial charge >= 0.3 is 0 Å². The number of rotatable bonds is 1. The van der Waals surface area contributed by atoms with E-state index in [1.54, 1.807) is 0 Å². The Bertz CT molecular complexity index is 1250. The average Bonchev–Trinajstić information content (AvgIpc) is 2.67. The van der Waals surface area contributed by atoms with E-state index in [9.17, 15) is 0 Å². The molecule has 0 fully saturated rings.